The summed E-state index contributed by atoms with van der Waals surface area (Å²) in [6, 6.07) is 0. The van der Waals surface area contributed by atoms with E-state index in [0.29, 0.717) is 0 Å². The van der Waals surface area contributed by atoms with Gasteiger partial charge in [-0.3, -0.25) is 0 Å². The first-order valence-electron chi connectivity index (χ1n) is 4.21. The summed E-state index contributed by atoms with van der Waals surface area (Å²) < 4.78 is 8.56. The van der Waals surface area contributed by atoms with Gasteiger partial charge >= 0.3 is 80.6 Å². The summed E-state index contributed by atoms with van der Waals surface area (Å²) in [5.41, 5.74) is 0. The molecule has 2 heterocycles. The van der Waals surface area contributed by atoms with Gasteiger partial charge in [-0.1, -0.05) is 0 Å². The van der Waals surface area contributed by atoms with Crippen LogP contribution in [0.3, 0.4) is 0 Å². The molecule has 1 aliphatic heterocycles. The second-order valence-corrected chi connectivity index (χ2v) is 4.27. The number of halogens is 1. The summed E-state index contributed by atoms with van der Waals surface area (Å²) in [5.74, 6) is 0. The molecule has 68 valence electrons. The SMILES string of the molecule is [Cl-].[Zn+][c]1ncnn1C1CCCCO1. The van der Waals surface area contributed by atoms with Gasteiger partial charge in [0.1, 0.15) is 0 Å². The van der Waals surface area contributed by atoms with Crippen molar-refractivity contribution in [2.45, 2.75) is 25.5 Å². The van der Waals surface area contributed by atoms with E-state index in [1.807, 2.05) is 4.68 Å². The topological polar surface area (TPSA) is 39.9 Å². The van der Waals surface area contributed by atoms with Crippen molar-refractivity contribution >= 4 is 4.42 Å². The maximum atomic E-state index is 5.58. The molecule has 6 heteroatoms. The van der Waals surface area contributed by atoms with Gasteiger partial charge in [0.15, 0.2) is 0 Å². The van der Waals surface area contributed by atoms with E-state index < -0.39 is 0 Å². The average molecular weight is 253 g/mol. The molecule has 1 unspecified atom stereocenters. The van der Waals surface area contributed by atoms with Gasteiger partial charge in [-0.15, -0.1) is 0 Å². The third-order valence-corrected chi connectivity index (χ3v) is 3.14. The fourth-order valence-electron chi connectivity index (χ4n) is 1.43. The van der Waals surface area contributed by atoms with E-state index in [9.17, 15) is 0 Å². The summed E-state index contributed by atoms with van der Waals surface area (Å²) >= 11 is 1.04. The van der Waals surface area contributed by atoms with Crippen molar-refractivity contribution in [3.05, 3.63) is 6.33 Å². The average Bonchev–Trinajstić information content (AvgIpc) is 2.53. The number of nitrogens with zero attached hydrogens (tertiary/aromatic N) is 3. The van der Waals surface area contributed by atoms with E-state index in [1.54, 1.807) is 6.33 Å². The predicted molar refractivity (Wildman–Crippen MR) is 38.5 cm³/mol. The molecule has 13 heavy (non-hydrogen) atoms. The van der Waals surface area contributed by atoms with Crippen LogP contribution < -0.4 is 16.8 Å². The Hall–Kier alpha value is 0.0134. The van der Waals surface area contributed by atoms with Crippen molar-refractivity contribution < 1.29 is 35.4 Å². The number of ether oxygens (including phenoxy) is 1. The standard InChI is InChI=1S/C7H10N3O.ClH.Zn/c1-2-4-11-7(3-1)10-6-8-5-9-10;;/h5,7H,1-4H2;1H;/q;;+1/p-1. The van der Waals surface area contributed by atoms with Gasteiger partial charge in [0.2, 0.25) is 0 Å². The van der Waals surface area contributed by atoms with Gasteiger partial charge in [-0.05, 0) is 0 Å². The zero-order valence-corrected chi connectivity index (χ0v) is 11.0. The van der Waals surface area contributed by atoms with Crippen LogP contribution in [0.1, 0.15) is 25.5 Å². The van der Waals surface area contributed by atoms with Crippen molar-refractivity contribution in [1.29, 1.82) is 0 Å². The normalized spacial score (nSPS) is 22.5. The molecule has 1 atom stereocenters. The van der Waals surface area contributed by atoms with Crippen molar-refractivity contribution in [3.8, 4) is 0 Å². The van der Waals surface area contributed by atoms with E-state index in [1.165, 1.54) is 12.8 Å². The van der Waals surface area contributed by atoms with Crippen LogP contribution in [0.15, 0.2) is 6.33 Å². The molecule has 0 aromatic carbocycles. The second kappa shape index (κ2) is 5.03. The Morgan fingerprint density at radius 3 is 2.92 bits per heavy atom. The summed E-state index contributed by atoms with van der Waals surface area (Å²) in [6.07, 6.45) is 5.27. The van der Waals surface area contributed by atoms with Gasteiger partial charge in [0, 0.05) is 0 Å². The van der Waals surface area contributed by atoms with Gasteiger partial charge in [-0.25, -0.2) is 0 Å². The Morgan fingerprint density at radius 1 is 1.54 bits per heavy atom. The fourth-order valence-corrected chi connectivity index (χ4v) is 2.20. The Morgan fingerprint density at radius 2 is 2.38 bits per heavy atom. The third-order valence-electron chi connectivity index (χ3n) is 2.08. The van der Waals surface area contributed by atoms with Gasteiger partial charge in [-0.2, -0.15) is 0 Å². The summed E-state index contributed by atoms with van der Waals surface area (Å²) in [4.78, 5) is 4.12. The Kier molecular flexibility index (Phi) is 4.29. The molecule has 1 aromatic rings. The number of rotatable bonds is 1. The van der Waals surface area contributed by atoms with E-state index in [-0.39, 0.29) is 18.6 Å². The van der Waals surface area contributed by atoms with Crippen molar-refractivity contribution in [2.75, 3.05) is 6.61 Å². The number of hydrogen-bond acceptors (Lipinski definition) is 3. The van der Waals surface area contributed by atoms with Crippen LogP contribution in [0.5, 0.6) is 0 Å². The summed E-state index contributed by atoms with van der Waals surface area (Å²) in [7, 11) is 0. The minimum atomic E-state index is 0. The molecule has 1 aromatic heterocycles. The molecule has 1 aliphatic rings. The molecule has 0 radical (unpaired) electrons. The summed E-state index contributed by atoms with van der Waals surface area (Å²) in [6.45, 7) is 0.865. The minimum absolute atomic E-state index is 0. The maximum absolute atomic E-state index is 5.58. The van der Waals surface area contributed by atoms with Crippen LogP contribution in [0, 0.1) is 0 Å². The molecule has 0 N–H and O–H groups in total. The first kappa shape index (κ1) is 11.1. The molecule has 1 saturated heterocycles. The van der Waals surface area contributed by atoms with Crippen molar-refractivity contribution in [2.24, 2.45) is 0 Å². The van der Waals surface area contributed by atoms with Crippen LogP contribution in [0.4, 0.5) is 0 Å². The van der Waals surface area contributed by atoms with Gasteiger partial charge in [0.25, 0.3) is 0 Å². The van der Waals surface area contributed by atoms with Crippen molar-refractivity contribution in [1.82, 2.24) is 14.8 Å². The van der Waals surface area contributed by atoms with Gasteiger partial charge in [0.05, 0.1) is 0 Å². The zero-order chi connectivity index (χ0) is 8.39. The zero-order valence-electron chi connectivity index (χ0n) is 7.32. The van der Waals surface area contributed by atoms with E-state index >= 15 is 0 Å². The molecule has 0 amide bonds. The fraction of sp³-hybridized carbons (Fsp3) is 0.714. The van der Waals surface area contributed by atoms with E-state index in [0.717, 1.165) is 35.7 Å². The molecular formula is C7H10ClN3OZn. The quantitative estimate of drug-likeness (QED) is 0.506. The Balaban J connectivity index is 0.000000845. The van der Waals surface area contributed by atoms with Crippen molar-refractivity contribution in [3.63, 3.8) is 0 Å². The first-order valence-corrected chi connectivity index (χ1v) is 5.69. The van der Waals surface area contributed by atoms with Gasteiger partial charge < -0.3 is 12.4 Å². The van der Waals surface area contributed by atoms with Crippen LogP contribution >= 0.6 is 0 Å². The first-order chi connectivity index (χ1) is 5.88. The molecule has 0 bridgehead atoms. The molecule has 2 rings (SSSR count). The molecular weight excluding hydrogens is 243 g/mol. The van der Waals surface area contributed by atoms with E-state index in [2.05, 4.69) is 10.1 Å². The number of hydrogen-bond donors (Lipinski definition) is 0. The van der Waals surface area contributed by atoms with Crippen LogP contribution in [0.25, 0.3) is 0 Å². The molecule has 0 saturated carbocycles. The van der Waals surface area contributed by atoms with E-state index in [4.69, 9.17) is 4.74 Å². The monoisotopic (exact) mass is 251 g/mol. The molecule has 0 spiro atoms. The second-order valence-electron chi connectivity index (χ2n) is 2.94. The summed E-state index contributed by atoms with van der Waals surface area (Å²) in [5, 5.41) is 4.15. The Labute approximate surface area is 93.1 Å². The third kappa shape index (κ3) is 2.49. The number of aromatic nitrogens is 3. The molecule has 0 aliphatic carbocycles. The van der Waals surface area contributed by atoms with Crippen LogP contribution in [0.2, 0.25) is 0 Å². The predicted octanol–water partition coefficient (Wildman–Crippen LogP) is -2.85. The van der Waals surface area contributed by atoms with Crippen LogP contribution in [-0.4, -0.2) is 21.4 Å². The Bertz CT molecular complexity index is 262. The molecule has 1 fully saturated rings. The van der Waals surface area contributed by atoms with Crippen LogP contribution in [-0.2, 0) is 23.0 Å². The molecule has 4 nitrogen and oxygen atoms in total.